The molecule has 0 aliphatic rings. The summed E-state index contributed by atoms with van der Waals surface area (Å²) in [7, 11) is -3.08. The lowest BCUT2D eigenvalue weighted by Gasteiger charge is -2.13. The van der Waals surface area contributed by atoms with E-state index in [1.807, 2.05) is 25.1 Å². The summed E-state index contributed by atoms with van der Waals surface area (Å²) in [6.07, 6.45) is 1.30. The summed E-state index contributed by atoms with van der Waals surface area (Å²) in [5, 5.41) is 15.2. The molecule has 0 aliphatic heterocycles. The lowest BCUT2D eigenvalue weighted by atomic mass is 10.1. The quantitative estimate of drug-likeness (QED) is 0.330. The minimum Gasteiger partial charge on any atom is -0.384 e. The summed E-state index contributed by atoms with van der Waals surface area (Å²) in [5.41, 5.74) is 2.93. The third-order valence-electron chi connectivity index (χ3n) is 5.51. The van der Waals surface area contributed by atoms with Crippen molar-refractivity contribution in [2.24, 2.45) is 0 Å². The number of aryl methyl sites for hydroxylation is 1. The van der Waals surface area contributed by atoms with E-state index in [-0.39, 0.29) is 5.82 Å². The van der Waals surface area contributed by atoms with Crippen LogP contribution in [0.3, 0.4) is 0 Å². The molecule has 0 amide bonds. The van der Waals surface area contributed by atoms with E-state index in [9.17, 15) is 18.3 Å². The van der Waals surface area contributed by atoms with Gasteiger partial charge in [0.2, 0.25) is 10.2 Å². The van der Waals surface area contributed by atoms with E-state index < -0.39 is 15.8 Å². The van der Waals surface area contributed by atoms with Gasteiger partial charge in [-0.2, -0.15) is 9.65 Å². The van der Waals surface area contributed by atoms with Gasteiger partial charge in [0.1, 0.15) is 17.7 Å². The van der Waals surface area contributed by atoms with Crippen LogP contribution in [-0.2, 0) is 20.0 Å². The van der Waals surface area contributed by atoms with Crippen molar-refractivity contribution in [1.29, 1.82) is 0 Å². The zero-order valence-electron chi connectivity index (χ0n) is 19.1. The molecular formula is C25H26FN2O3S2+. The second-order valence-corrected chi connectivity index (χ2v) is 11.9. The summed E-state index contributed by atoms with van der Waals surface area (Å²) in [6.45, 7) is 7.01. The number of halogens is 1. The molecule has 2 aromatic heterocycles. The van der Waals surface area contributed by atoms with E-state index in [1.165, 1.54) is 23.7 Å². The Kier molecular flexibility index (Phi) is 5.90. The predicted octanol–water partition coefficient (Wildman–Crippen LogP) is 6.21. The molecule has 0 spiro atoms. The van der Waals surface area contributed by atoms with Gasteiger partial charge >= 0.3 is 0 Å². The van der Waals surface area contributed by atoms with Crippen LogP contribution in [0.5, 0.6) is 0 Å². The highest BCUT2D eigenvalue weighted by Crippen LogP contribution is 2.40. The van der Waals surface area contributed by atoms with Crippen LogP contribution < -0.4 is 0 Å². The maximum absolute atomic E-state index is 14.3. The molecule has 5 nitrogen and oxygen atoms in total. The number of aromatic nitrogens is 2. The van der Waals surface area contributed by atoms with Crippen LogP contribution in [0.1, 0.15) is 30.7 Å². The van der Waals surface area contributed by atoms with Gasteiger partial charge in [0, 0.05) is 16.5 Å². The fraction of sp³-hybridized carbons (Fsp3) is 0.240. The van der Waals surface area contributed by atoms with Gasteiger partial charge in [-0.25, -0.2) is 9.07 Å². The fourth-order valence-electron chi connectivity index (χ4n) is 3.61. The first-order valence-electron chi connectivity index (χ1n) is 10.4. The number of benzene rings is 2. The molecule has 8 heteroatoms. The van der Waals surface area contributed by atoms with Gasteiger partial charge < -0.3 is 5.11 Å². The molecule has 2 heterocycles. The Morgan fingerprint density at radius 2 is 1.79 bits per heavy atom. The first-order chi connectivity index (χ1) is 15.4. The van der Waals surface area contributed by atoms with Crippen LogP contribution in [0.15, 0.2) is 59.5 Å². The van der Waals surface area contributed by atoms with Crippen molar-refractivity contribution < 1.29 is 18.3 Å². The normalized spacial score (nSPS) is 13.8. The Morgan fingerprint density at radius 3 is 2.45 bits per heavy atom. The molecule has 0 fully saturated rings. The van der Waals surface area contributed by atoms with Crippen molar-refractivity contribution in [1.82, 2.24) is 9.78 Å². The zero-order valence-corrected chi connectivity index (χ0v) is 20.7. The van der Waals surface area contributed by atoms with Crippen LogP contribution in [0.2, 0.25) is 0 Å². The summed E-state index contributed by atoms with van der Waals surface area (Å²) < 4.78 is 38.1. The highest BCUT2D eigenvalue weighted by Gasteiger charge is 2.26. The van der Waals surface area contributed by atoms with E-state index >= 15 is 0 Å². The molecule has 1 unspecified atom stereocenters. The van der Waals surface area contributed by atoms with Gasteiger partial charge in [0.05, 0.1) is 22.0 Å². The first kappa shape index (κ1) is 23.5. The zero-order chi connectivity index (χ0) is 24.1. The summed E-state index contributed by atoms with van der Waals surface area (Å²) >= 11 is 1.52. The second kappa shape index (κ2) is 8.29. The maximum atomic E-state index is 14.3. The van der Waals surface area contributed by atoms with Crippen molar-refractivity contribution in [2.75, 3.05) is 6.26 Å². The molecule has 172 valence electrons. The lowest BCUT2D eigenvalue weighted by Crippen LogP contribution is -2.16. The minimum atomic E-state index is -3.08. The van der Waals surface area contributed by atoms with E-state index in [0.29, 0.717) is 21.8 Å². The van der Waals surface area contributed by atoms with Crippen molar-refractivity contribution in [3.05, 3.63) is 77.2 Å². The van der Waals surface area contributed by atoms with Crippen LogP contribution in [-0.4, -0.2) is 25.7 Å². The van der Waals surface area contributed by atoms with Gasteiger partial charge in [-0.1, -0.05) is 22.4 Å². The molecule has 1 atom stereocenters. The van der Waals surface area contributed by atoms with Crippen molar-refractivity contribution in [3.8, 4) is 26.7 Å². The van der Waals surface area contributed by atoms with Gasteiger partial charge in [-0.15, -0.1) is 11.3 Å². The largest absolute Gasteiger partial charge is 0.384 e. The van der Waals surface area contributed by atoms with Gasteiger partial charge in [-0.05, 0) is 69.2 Å². The molecule has 0 saturated carbocycles. The fourth-order valence-corrected chi connectivity index (χ4v) is 5.46. The van der Waals surface area contributed by atoms with Crippen LogP contribution in [0.25, 0.3) is 26.7 Å². The lowest BCUT2D eigenvalue weighted by molar-refractivity contribution is 0.0734. The Morgan fingerprint density at radius 1 is 1.09 bits per heavy atom. The second-order valence-electron chi connectivity index (χ2n) is 8.72. The predicted molar refractivity (Wildman–Crippen MR) is 132 cm³/mol. The van der Waals surface area contributed by atoms with E-state index in [4.69, 9.17) is 0 Å². The van der Waals surface area contributed by atoms with E-state index in [0.717, 1.165) is 26.6 Å². The topological polar surface area (TPSA) is 75.3 Å². The van der Waals surface area contributed by atoms with Crippen molar-refractivity contribution in [2.45, 2.75) is 38.2 Å². The Balaban J connectivity index is 1.90. The van der Waals surface area contributed by atoms with Crippen molar-refractivity contribution in [3.63, 3.8) is 0 Å². The monoisotopic (exact) mass is 485 g/mol. The molecule has 0 saturated heterocycles. The third-order valence-corrected chi connectivity index (χ3v) is 7.95. The average Bonchev–Trinajstić information content (AvgIpc) is 3.33. The summed E-state index contributed by atoms with van der Waals surface area (Å²) in [5.74, 6) is -0.327. The van der Waals surface area contributed by atoms with Crippen LogP contribution >= 0.6 is 11.3 Å². The maximum Gasteiger partial charge on any atom is 0.244 e. The number of nitrogens with zero attached hydrogens (tertiary/aromatic N) is 2. The molecule has 0 radical (unpaired) electrons. The van der Waals surface area contributed by atoms with Crippen LogP contribution in [0.4, 0.5) is 4.39 Å². The van der Waals surface area contributed by atoms with E-state index in [2.05, 4.69) is 5.10 Å². The molecule has 2 N–H and O–H groups in total. The van der Waals surface area contributed by atoms with Gasteiger partial charge in [0.15, 0.2) is 4.90 Å². The Hall–Kier alpha value is -2.65. The van der Waals surface area contributed by atoms with Gasteiger partial charge in [-0.3, -0.25) is 0 Å². The number of rotatable bonds is 5. The number of thiophene rings is 1. The number of hydrogen-bond donors (Lipinski definition) is 2. The Bertz CT molecular complexity index is 1390. The molecule has 2 aromatic carbocycles. The highest BCUT2D eigenvalue weighted by atomic mass is 32.3. The van der Waals surface area contributed by atoms with Gasteiger partial charge in [0.25, 0.3) is 0 Å². The molecular weight excluding hydrogens is 459 g/mol. The standard InChI is InChI=1S/C25H25FN2O3S2/c1-15-12-22(17-8-6-9-18(13-17)33(5,30)31)32-24(15)21-14-23(25(3,4)29)27-28(21)20-11-7-10-19(26)16(20)2/h6-14,29H,1-5H3/p+1. The van der Waals surface area contributed by atoms with Crippen LogP contribution in [0, 0.1) is 19.7 Å². The third kappa shape index (κ3) is 4.56. The first-order valence-corrected chi connectivity index (χ1v) is 13.1. The number of aliphatic hydroxyl groups is 1. The SMILES string of the molecule is Cc1cc(-c2cccc([S+](C)(=O)O)c2)sc1-c1cc(C(C)(C)O)nn1-c1cccc(F)c1C. The molecule has 4 rings (SSSR count). The van der Waals surface area contributed by atoms with Crippen molar-refractivity contribution >= 4 is 21.6 Å². The molecule has 0 bridgehead atoms. The van der Waals surface area contributed by atoms with E-state index in [1.54, 1.807) is 55.8 Å². The Labute approximate surface area is 197 Å². The highest BCUT2D eigenvalue weighted by molar-refractivity contribution is 7.97. The molecule has 4 aromatic rings. The minimum absolute atomic E-state index is 0.327. The smallest absolute Gasteiger partial charge is 0.244 e. The molecule has 33 heavy (non-hydrogen) atoms. The number of hydrogen-bond acceptors (Lipinski definition) is 4. The summed E-state index contributed by atoms with van der Waals surface area (Å²) in [4.78, 5) is 2.22. The molecule has 0 aliphatic carbocycles. The summed E-state index contributed by atoms with van der Waals surface area (Å²) in [6, 6.07) is 15.7. The average molecular weight is 486 g/mol.